The van der Waals surface area contributed by atoms with Crippen LogP contribution < -0.4 is 15.8 Å². The Balaban J connectivity index is 2.71. The van der Waals surface area contributed by atoms with Crippen molar-refractivity contribution in [3.63, 3.8) is 0 Å². The van der Waals surface area contributed by atoms with Crippen molar-refractivity contribution in [1.29, 1.82) is 0 Å². The van der Waals surface area contributed by atoms with Crippen LogP contribution in [0, 0.1) is 0 Å². The SMILES string of the molecule is COc1ccc(N)cc1NC(=O)CCSC. The molecule has 4 nitrogen and oxygen atoms in total. The normalized spacial score (nSPS) is 9.88. The Bertz CT molecular complexity index is 369. The van der Waals surface area contributed by atoms with Gasteiger partial charge in [0.05, 0.1) is 12.8 Å². The summed E-state index contributed by atoms with van der Waals surface area (Å²) in [6.45, 7) is 0. The highest BCUT2D eigenvalue weighted by Crippen LogP contribution is 2.26. The second kappa shape index (κ2) is 6.27. The van der Waals surface area contributed by atoms with E-state index in [1.165, 1.54) is 0 Å². The van der Waals surface area contributed by atoms with Crippen molar-refractivity contribution in [1.82, 2.24) is 0 Å². The summed E-state index contributed by atoms with van der Waals surface area (Å²) in [7, 11) is 1.56. The zero-order chi connectivity index (χ0) is 12.0. The van der Waals surface area contributed by atoms with E-state index >= 15 is 0 Å². The van der Waals surface area contributed by atoms with E-state index in [4.69, 9.17) is 10.5 Å². The number of hydrogen-bond donors (Lipinski definition) is 2. The van der Waals surface area contributed by atoms with Crippen LogP contribution in [0.4, 0.5) is 11.4 Å². The predicted octanol–water partition coefficient (Wildman–Crippen LogP) is 1.97. The molecule has 1 aromatic carbocycles. The first-order valence-electron chi connectivity index (χ1n) is 4.89. The highest BCUT2D eigenvalue weighted by atomic mass is 32.2. The van der Waals surface area contributed by atoms with E-state index in [9.17, 15) is 4.79 Å². The second-order valence-electron chi connectivity index (χ2n) is 3.25. The van der Waals surface area contributed by atoms with Gasteiger partial charge in [0.2, 0.25) is 5.91 Å². The van der Waals surface area contributed by atoms with Gasteiger partial charge in [0.15, 0.2) is 0 Å². The molecule has 0 heterocycles. The van der Waals surface area contributed by atoms with Crippen LogP contribution in [0.2, 0.25) is 0 Å². The van der Waals surface area contributed by atoms with Gasteiger partial charge in [-0.3, -0.25) is 4.79 Å². The summed E-state index contributed by atoms with van der Waals surface area (Å²) in [6.07, 6.45) is 2.45. The van der Waals surface area contributed by atoms with Gasteiger partial charge >= 0.3 is 0 Å². The van der Waals surface area contributed by atoms with Gasteiger partial charge in [-0.25, -0.2) is 0 Å². The molecule has 0 spiro atoms. The van der Waals surface area contributed by atoms with E-state index in [2.05, 4.69) is 5.32 Å². The zero-order valence-corrected chi connectivity index (χ0v) is 10.3. The number of benzene rings is 1. The minimum Gasteiger partial charge on any atom is -0.495 e. The molecule has 1 rings (SSSR count). The van der Waals surface area contributed by atoms with Gasteiger partial charge in [0.1, 0.15) is 5.75 Å². The number of methoxy groups -OCH3 is 1. The van der Waals surface area contributed by atoms with Crippen LogP contribution >= 0.6 is 11.8 Å². The summed E-state index contributed by atoms with van der Waals surface area (Å²) in [5, 5.41) is 2.78. The Morgan fingerprint density at radius 1 is 1.56 bits per heavy atom. The topological polar surface area (TPSA) is 64.3 Å². The Hall–Kier alpha value is -1.36. The third-order valence-electron chi connectivity index (χ3n) is 2.03. The smallest absolute Gasteiger partial charge is 0.225 e. The standard InChI is InChI=1S/C11H16N2O2S/c1-15-10-4-3-8(12)7-9(10)13-11(14)5-6-16-2/h3-4,7H,5-6,12H2,1-2H3,(H,13,14). The fourth-order valence-corrected chi connectivity index (χ4v) is 1.62. The molecule has 0 fully saturated rings. The summed E-state index contributed by atoms with van der Waals surface area (Å²) in [5.41, 5.74) is 6.86. The van der Waals surface area contributed by atoms with E-state index in [1.54, 1.807) is 37.1 Å². The quantitative estimate of drug-likeness (QED) is 0.772. The van der Waals surface area contributed by atoms with Gasteiger partial charge in [-0.15, -0.1) is 0 Å². The number of nitrogens with one attached hydrogen (secondary N) is 1. The van der Waals surface area contributed by atoms with Crippen molar-refractivity contribution >= 4 is 29.0 Å². The molecule has 0 aromatic heterocycles. The largest absolute Gasteiger partial charge is 0.495 e. The molecule has 0 aliphatic heterocycles. The van der Waals surface area contributed by atoms with Crippen molar-refractivity contribution < 1.29 is 9.53 Å². The number of thioether (sulfide) groups is 1. The summed E-state index contributed by atoms with van der Waals surface area (Å²) in [5.74, 6) is 1.39. The number of nitrogens with two attached hydrogens (primary N) is 1. The first kappa shape index (κ1) is 12.7. The average molecular weight is 240 g/mol. The Morgan fingerprint density at radius 3 is 2.94 bits per heavy atom. The van der Waals surface area contributed by atoms with E-state index in [-0.39, 0.29) is 5.91 Å². The molecule has 5 heteroatoms. The molecular formula is C11H16N2O2S. The Labute approximate surface area is 99.5 Å². The van der Waals surface area contributed by atoms with Crippen LogP contribution in [0.15, 0.2) is 18.2 Å². The van der Waals surface area contributed by atoms with Crippen molar-refractivity contribution in [3.8, 4) is 5.75 Å². The van der Waals surface area contributed by atoms with Gasteiger partial charge in [-0.1, -0.05) is 0 Å². The molecule has 88 valence electrons. The number of nitrogen functional groups attached to an aromatic ring is 1. The van der Waals surface area contributed by atoms with Crippen LogP contribution in [0.3, 0.4) is 0 Å². The molecule has 0 aliphatic carbocycles. The Kier molecular flexibility index (Phi) is 4.98. The minimum atomic E-state index is -0.0294. The van der Waals surface area contributed by atoms with Gasteiger partial charge in [0, 0.05) is 17.9 Å². The average Bonchev–Trinajstić information content (AvgIpc) is 2.27. The lowest BCUT2D eigenvalue weighted by Gasteiger charge is -2.10. The number of carbonyl (C=O) groups is 1. The van der Waals surface area contributed by atoms with Crippen molar-refractivity contribution in [3.05, 3.63) is 18.2 Å². The number of hydrogen-bond acceptors (Lipinski definition) is 4. The molecule has 16 heavy (non-hydrogen) atoms. The summed E-state index contributed by atoms with van der Waals surface area (Å²) in [4.78, 5) is 11.5. The highest BCUT2D eigenvalue weighted by Gasteiger charge is 2.07. The molecule has 1 aromatic rings. The maximum atomic E-state index is 11.5. The molecule has 1 amide bonds. The molecular weight excluding hydrogens is 224 g/mol. The van der Waals surface area contributed by atoms with E-state index in [0.29, 0.717) is 23.5 Å². The van der Waals surface area contributed by atoms with Gasteiger partial charge < -0.3 is 15.8 Å². The third kappa shape index (κ3) is 3.66. The van der Waals surface area contributed by atoms with Crippen LogP contribution in [-0.2, 0) is 4.79 Å². The van der Waals surface area contributed by atoms with E-state index in [1.807, 2.05) is 6.26 Å². The zero-order valence-electron chi connectivity index (χ0n) is 9.45. The molecule has 0 aliphatic rings. The number of ether oxygens (including phenoxy) is 1. The van der Waals surface area contributed by atoms with Crippen LogP contribution in [0.5, 0.6) is 5.75 Å². The third-order valence-corrected chi connectivity index (χ3v) is 2.64. The van der Waals surface area contributed by atoms with E-state index in [0.717, 1.165) is 5.75 Å². The first-order chi connectivity index (χ1) is 7.67. The molecule has 0 saturated carbocycles. The summed E-state index contributed by atoms with van der Waals surface area (Å²) < 4.78 is 5.13. The predicted molar refractivity (Wildman–Crippen MR) is 69.0 cm³/mol. The van der Waals surface area contributed by atoms with Crippen LogP contribution in [0.25, 0.3) is 0 Å². The second-order valence-corrected chi connectivity index (χ2v) is 4.24. The molecule has 0 radical (unpaired) electrons. The maximum Gasteiger partial charge on any atom is 0.225 e. The van der Waals surface area contributed by atoms with E-state index < -0.39 is 0 Å². The number of rotatable bonds is 5. The lowest BCUT2D eigenvalue weighted by molar-refractivity contribution is -0.115. The minimum absolute atomic E-state index is 0.0294. The summed E-state index contributed by atoms with van der Waals surface area (Å²) in [6, 6.07) is 5.16. The molecule has 3 N–H and O–H groups in total. The summed E-state index contributed by atoms with van der Waals surface area (Å²) >= 11 is 1.64. The monoisotopic (exact) mass is 240 g/mol. The van der Waals surface area contributed by atoms with Gasteiger partial charge in [0.25, 0.3) is 0 Å². The number of amides is 1. The van der Waals surface area contributed by atoms with Gasteiger partial charge in [-0.2, -0.15) is 11.8 Å². The molecule has 0 unspecified atom stereocenters. The fourth-order valence-electron chi connectivity index (χ4n) is 1.23. The van der Waals surface area contributed by atoms with Crippen LogP contribution in [-0.4, -0.2) is 25.0 Å². The molecule has 0 saturated heterocycles. The van der Waals surface area contributed by atoms with Gasteiger partial charge in [-0.05, 0) is 24.5 Å². The lowest BCUT2D eigenvalue weighted by atomic mass is 10.2. The Morgan fingerprint density at radius 2 is 2.31 bits per heavy atom. The first-order valence-corrected chi connectivity index (χ1v) is 6.29. The van der Waals surface area contributed by atoms with Crippen molar-refractivity contribution in [2.45, 2.75) is 6.42 Å². The van der Waals surface area contributed by atoms with Crippen LogP contribution in [0.1, 0.15) is 6.42 Å². The van der Waals surface area contributed by atoms with Crippen molar-refractivity contribution in [2.24, 2.45) is 0 Å². The number of anilines is 2. The molecule has 0 atom stereocenters. The molecule has 0 bridgehead atoms. The number of carbonyl (C=O) groups excluding carboxylic acids is 1. The van der Waals surface area contributed by atoms with Crippen molar-refractivity contribution in [2.75, 3.05) is 30.2 Å². The lowest BCUT2D eigenvalue weighted by Crippen LogP contribution is -2.13. The maximum absolute atomic E-state index is 11.5. The fraction of sp³-hybridized carbons (Fsp3) is 0.364. The highest BCUT2D eigenvalue weighted by molar-refractivity contribution is 7.98.